The van der Waals surface area contributed by atoms with Crippen LogP contribution in [0.2, 0.25) is 0 Å². The first kappa shape index (κ1) is 13.9. The molecule has 0 aromatic carbocycles. The maximum Gasteiger partial charge on any atom is 0.248 e. The number of nitrogens with one attached hydrogen (secondary N) is 1. The molecule has 6 heteroatoms. The molecule has 2 aliphatic rings. The standard InChI is InChI=1S/C14H22F2N4/c1-2-3-11-13-19-18-12(20(13)9-8-17-11)10-4-6-14(15,16)7-5-10/h10-11,17H,2-9H2,1H3. The second-order valence-electron chi connectivity index (χ2n) is 5.99. The molecule has 0 spiro atoms. The fourth-order valence-electron chi connectivity index (χ4n) is 3.38. The van der Waals surface area contributed by atoms with Crippen molar-refractivity contribution in [1.29, 1.82) is 0 Å². The van der Waals surface area contributed by atoms with Crippen LogP contribution in [0.15, 0.2) is 0 Å². The molecule has 0 saturated heterocycles. The van der Waals surface area contributed by atoms with Crippen LogP contribution in [0.25, 0.3) is 0 Å². The molecule has 1 aliphatic heterocycles. The molecule has 0 amide bonds. The summed E-state index contributed by atoms with van der Waals surface area (Å²) in [6, 6.07) is 0.264. The van der Waals surface area contributed by atoms with E-state index in [1.54, 1.807) is 0 Å². The lowest BCUT2D eigenvalue weighted by Crippen LogP contribution is -2.35. The molecule has 1 atom stereocenters. The zero-order valence-corrected chi connectivity index (χ0v) is 11.9. The van der Waals surface area contributed by atoms with Crippen molar-refractivity contribution in [2.24, 2.45) is 0 Å². The van der Waals surface area contributed by atoms with Gasteiger partial charge < -0.3 is 9.88 Å². The van der Waals surface area contributed by atoms with Gasteiger partial charge in [0.1, 0.15) is 11.6 Å². The summed E-state index contributed by atoms with van der Waals surface area (Å²) in [4.78, 5) is 0. The predicted molar refractivity (Wildman–Crippen MR) is 71.8 cm³/mol. The molecule has 112 valence electrons. The van der Waals surface area contributed by atoms with Gasteiger partial charge in [0.2, 0.25) is 5.92 Å². The Hall–Kier alpha value is -1.04. The van der Waals surface area contributed by atoms with Gasteiger partial charge in [0.25, 0.3) is 0 Å². The van der Waals surface area contributed by atoms with Crippen molar-refractivity contribution in [3.63, 3.8) is 0 Å². The van der Waals surface area contributed by atoms with Gasteiger partial charge in [-0.1, -0.05) is 13.3 Å². The van der Waals surface area contributed by atoms with Gasteiger partial charge in [-0.05, 0) is 19.3 Å². The highest BCUT2D eigenvalue weighted by atomic mass is 19.3. The topological polar surface area (TPSA) is 42.7 Å². The van der Waals surface area contributed by atoms with Crippen LogP contribution in [0.3, 0.4) is 0 Å². The van der Waals surface area contributed by atoms with Crippen LogP contribution in [-0.2, 0) is 6.54 Å². The summed E-state index contributed by atoms with van der Waals surface area (Å²) in [6.07, 6.45) is 3.15. The van der Waals surface area contributed by atoms with Crippen molar-refractivity contribution in [3.8, 4) is 0 Å². The summed E-state index contributed by atoms with van der Waals surface area (Å²) in [7, 11) is 0. The summed E-state index contributed by atoms with van der Waals surface area (Å²) >= 11 is 0. The Morgan fingerprint density at radius 1 is 1.25 bits per heavy atom. The van der Waals surface area contributed by atoms with Gasteiger partial charge in [0.15, 0.2) is 0 Å². The molecule has 1 fully saturated rings. The minimum Gasteiger partial charge on any atom is -0.312 e. The van der Waals surface area contributed by atoms with Crippen LogP contribution in [0.5, 0.6) is 0 Å². The molecular weight excluding hydrogens is 262 g/mol. The predicted octanol–water partition coefficient (Wildman–Crippen LogP) is 3.02. The molecule has 1 aromatic heterocycles. The van der Waals surface area contributed by atoms with E-state index in [0.717, 1.165) is 37.6 Å². The van der Waals surface area contributed by atoms with Gasteiger partial charge in [-0.25, -0.2) is 8.78 Å². The Morgan fingerprint density at radius 3 is 2.65 bits per heavy atom. The lowest BCUT2D eigenvalue weighted by atomic mass is 9.86. The quantitative estimate of drug-likeness (QED) is 0.927. The van der Waals surface area contributed by atoms with E-state index in [0.29, 0.717) is 12.8 Å². The third-order valence-electron chi connectivity index (χ3n) is 4.51. The van der Waals surface area contributed by atoms with E-state index >= 15 is 0 Å². The van der Waals surface area contributed by atoms with E-state index < -0.39 is 5.92 Å². The Morgan fingerprint density at radius 2 is 1.95 bits per heavy atom. The summed E-state index contributed by atoms with van der Waals surface area (Å²) in [5, 5.41) is 12.1. The number of alkyl halides is 2. The Balaban J connectivity index is 1.79. The first-order chi connectivity index (χ1) is 9.61. The maximum absolute atomic E-state index is 13.3. The lowest BCUT2D eigenvalue weighted by molar-refractivity contribution is -0.0390. The average Bonchev–Trinajstić information content (AvgIpc) is 2.84. The van der Waals surface area contributed by atoms with Crippen LogP contribution in [0.1, 0.15) is 69.1 Å². The first-order valence-corrected chi connectivity index (χ1v) is 7.65. The van der Waals surface area contributed by atoms with Gasteiger partial charge in [-0.15, -0.1) is 10.2 Å². The number of hydrogen-bond donors (Lipinski definition) is 1. The SMILES string of the molecule is CCCC1NCCn2c(C3CCC(F)(F)CC3)nnc21. The fraction of sp³-hybridized carbons (Fsp3) is 0.857. The Bertz CT molecular complexity index is 462. The summed E-state index contributed by atoms with van der Waals surface area (Å²) in [6.45, 7) is 3.91. The van der Waals surface area contributed by atoms with E-state index in [2.05, 4.69) is 27.0 Å². The Kier molecular flexibility index (Phi) is 3.75. The van der Waals surface area contributed by atoms with E-state index in [4.69, 9.17) is 0 Å². The lowest BCUT2D eigenvalue weighted by Gasteiger charge is -2.30. The largest absolute Gasteiger partial charge is 0.312 e. The van der Waals surface area contributed by atoms with Crippen LogP contribution < -0.4 is 5.32 Å². The second-order valence-corrected chi connectivity index (χ2v) is 5.99. The molecule has 1 unspecified atom stereocenters. The second kappa shape index (κ2) is 5.39. The summed E-state index contributed by atoms with van der Waals surface area (Å²) < 4.78 is 28.7. The first-order valence-electron chi connectivity index (χ1n) is 7.65. The van der Waals surface area contributed by atoms with Crippen molar-refractivity contribution in [2.75, 3.05) is 6.54 Å². The van der Waals surface area contributed by atoms with Crippen molar-refractivity contribution < 1.29 is 8.78 Å². The molecule has 0 radical (unpaired) electrons. The van der Waals surface area contributed by atoms with Gasteiger partial charge in [0.05, 0.1) is 6.04 Å². The third-order valence-corrected chi connectivity index (χ3v) is 4.51. The highest BCUT2D eigenvalue weighted by molar-refractivity contribution is 5.09. The number of fused-ring (bicyclic) bond motifs is 1. The molecule has 1 aromatic rings. The van der Waals surface area contributed by atoms with E-state index in [9.17, 15) is 8.78 Å². The zero-order chi connectivity index (χ0) is 14.2. The van der Waals surface area contributed by atoms with Crippen LogP contribution in [0, 0.1) is 0 Å². The third kappa shape index (κ3) is 2.57. The minimum atomic E-state index is -2.48. The fourth-order valence-corrected chi connectivity index (χ4v) is 3.38. The smallest absolute Gasteiger partial charge is 0.248 e. The molecule has 2 heterocycles. The van der Waals surface area contributed by atoms with E-state index in [1.165, 1.54) is 0 Å². The molecule has 3 rings (SSSR count). The van der Waals surface area contributed by atoms with Crippen molar-refractivity contribution >= 4 is 0 Å². The molecule has 0 bridgehead atoms. The number of hydrogen-bond acceptors (Lipinski definition) is 3. The Labute approximate surface area is 118 Å². The summed E-state index contributed by atoms with van der Waals surface area (Å²) in [5.41, 5.74) is 0. The van der Waals surface area contributed by atoms with Crippen molar-refractivity contribution in [1.82, 2.24) is 20.1 Å². The van der Waals surface area contributed by atoms with Gasteiger partial charge >= 0.3 is 0 Å². The van der Waals surface area contributed by atoms with Gasteiger partial charge in [0, 0.05) is 31.8 Å². The molecule has 20 heavy (non-hydrogen) atoms. The van der Waals surface area contributed by atoms with Crippen LogP contribution in [0.4, 0.5) is 8.78 Å². The maximum atomic E-state index is 13.3. The highest BCUT2D eigenvalue weighted by Crippen LogP contribution is 2.40. The van der Waals surface area contributed by atoms with Crippen molar-refractivity contribution in [3.05, 3.63) is 11.6 Å². The van der Waals surface area contributed by atoms with Crippen LogP contribution >= 0.6 is 0 Å². The molecular formula is C14H22F2N4. The highest BCUT2D eigenvalue weighted by Gasteiger charge is 2.38. The van der Waals surface area contributed by atoms with Crippen LogP contribution in [-0.4, -0.2) is 27.2 Å². The van der Waals surface area contributed by atoms with Gasteiger partial charge in [-0.2, -0.15) is 0 Å². The number of nitrogens with zero attached hydrogens (tertiary/aromatic N) is 3. The normalized spacial score (nSPS) is 26.4. The van der Waals surface area contributed by atoms with E-state index in [1.807, 2.05) is 0 Å². The molecule has 1 aliphatic carbocycles. The molecule has 4 nitrogen and oxygen atoms in total. The molecule has 1 N–H and O–H groups in total. The molecule has 1 saturated carbocycles. The average molecular weight is 284 g/mol. The van der Waals surface area contributed by atoms with Gasteiger partial charge in [-0.3, -0.25) is 0 Å². The van der Waals surface area contributed by atoms with Crippen molar-refractivity contribution in [2.45, 2.75) is 69.9 Å². The monoisotopic (exact) mass is 284 g/mol. The van der Waals surface area contributed by atoms with E-state index in [-0.39, 0.29) is 24.8 Å². The number of rotatable bonds is 3. The number of halogens is 2. The zero-order valence-electron chi connectivity index (χ0n) is 11.9. The number of aromatic nitrogens is 3. The summed E-state index contributed by atoms with van der Waals surface area (Å²) in [5.74, 6) is -0.409. The minimum absolute atomic E-state index is 0.0174.